The molecule has 0 saturated carbocycles. The van der Waals surface area contributed by atoms with Gasteiger partial charge in [0.15, 0.2) is 0 Å². The molecule has 0 unspecified atom stereocenters. The first-order valence-corrected chi connectivity index (χ1v) is 4.25. The average molecular weight is 178 g/mol. The monoisotopic (exact) mass is 178 g/mol. The van der Waals surface area contributed by atoms with E-state index in [1.165, 1.54) is 0 Å². The van der Waals surface area contributed by atoms with Crippen LogP contribution in [0.5, 0.6) is 0 Å². The largest absolute Gasteiger partial charge is 0.384 e. The quantitative estimate of drug-likeness (QED) is 0.542. The minimum absolute atomic E-state index is 0.0957. The molecule has 0 amide bonds. The maximum atomic E-state index is 7.25. The van der Waals surface area contributed by atoms with E-state index >= 15 is 0 Å². The molecule has 0 aliphatic carbocycles. The van der Waals surface area contributed by atoms with Gasteiger partial charge in [-0.1, -0.05) is 18.2 Å². The molecule has 0 aliphatic rings. The molecule has 3 heteroatoms. The standard InChI is InChI=1S/C10H14N2O/c1-2-13-7-8-4-3-5-9(6-8)10(11)12/h3-6H,2,7H2,1H3,(H3,11,12). The molecular formula is C10H14N2O. The number of rotatable bonds is 4. The first kappa shape index (κ1) is 9.74. The maximum Gasteiger partial charge on any atom is 0.122 e. The van der Waals surface area contributed by atoms with E-state index < -0.39 is 0 Å². The van der Waals surface area contributed by atoms with Crippen LogP contribution in [0.4, 0.5) is 0 Å². The van der Waals surface area contributed by atoms with Crippen LogP contribution in [0, 0.1) is 5.41 Å². The highest BCUT2D eigenvalue weighted by atomic mass is 16.5. The van der Waals surface area contributed by atoms with Gasteiger partial charge in [0.2, 0.25) is 0 Å². The number of ether oxygens (including phenoxy) is 1. The molecule has 0 heterocycles. The van der Waals surface area contributed by atoms with Crippen LogP contribution in [-0.4, -0.2) is 12.4 Å². The van der Waals surface area contributed by atoms with Crippen LogP contribution in [-0.2, 0) is 11.3 Å². The number of hydrogen-bond donors (Lipinski definition) is 2. The van der Waals surface area contributed by atoms with E-state index in [2.05, 4.69) is 0 Å². The number of nitrogens with two attached hydrogens (primary N) is 1. The topological polar surface area (TPSA) is 59.1 Å². The summed E-state index contributed by atoms with van der Waals surface area (Å²) in [7, 11) is 0. The van der Waals surface area contributed by atoms with Crippen molar-refractivity contribution in [3.05, 3.63) is 35.4 Å². The summed E-state index contributed by atoms with van der Waals surface area (Å²) in [5.74, 6) is 0.0957. The van der Waals surface area contributed by atoms with Crippen molar-refractivity contribution in [2.75, 3.05) is 6.61 Å². The lowest BCUT2D eigenvalue weighted by molar-refractivity contribution is 0.134. The van der Waals surface area contributed by atoms with Crippen LogP contribution in [0.15, 0.2) is 24.3 Å². The lowest BCUT2D eigenvalue weighted by atomic mass is 10.1. The van der Waals surface area contributed by atoms with E-state index in [4.69, 9.17) is 15.9 Å². The summed E-state index contributed by atoms with van der Waals surface area (Å²) in [6.45, 7) is 3.23. The summed E-state index contributed by atoms with van der Waals surface area (Å²) in [6, 6.07) is 7.53. The Balaban J connectivity index is 2.73. The van der Waals surface area contributed by atoms with Crippen molar-refractivity contribution in [1.29, 1.82) is 5.41 Å². The predicted molar refractivity (Wildman–Crippen MR) is 52.8 cm³/mol. The van der Waals surface area contributed by atoms with Crippen molar-refractivity contribution in [1.82, 2.24) is 0 Å². The van der Waals surface area contributed by atoms with Gasteiger partial charge in [0.25, 0.3) is 0 Å². The van der Waals surface area contributed by atoms with Crippen LogP contribution >= 0.6 is 0 Å². The van der Waals surface area contributed by atoms with Crippen LogP contribution in [0.3, 0.4) is 0 Å². The molecule has 3 nitrogen and oxygen atoms in total. The maximum absolute atomic E-state index is 7.25. The van der Waals surface area contributed by atoms with Crippen LogP contribution in [0.25, 0.3) is 0 Å². The highest BCUT2D eigenvalue weighted by molar-refractivity contribution is 5.95. The minimum atomic E-state index is 0.0957. The fourth-order valence-corrected chi connectivity index (χ4v) is 1.05. The van der Waals surface area contributed by atoms with Gasteiger partial charge in [-0.25, -0.2) is 0 Å². The molecule has 1 aromatic rings. The first-order valence-electron chi connectivity index (χ1n) is 4.25. The van der Waals surface area contributed by atoms with E-state index in [0.29, 0.717) is 13.2 Å². The summed E-state index contributed by atoms with van der Waals surface area (Å²) >= 11 is 0. The second-order valence-electron chi connectivity index (χ2n) is 2.75. The van der Waals surface area contributed by atoms with E-state index in [1.807, 2.05) is 31.2 Å². The third-order valence-corrected chi connectivity index (χ3v) is 1.71. The zero-order chi connectivity index (χ0) is 9.68. The molecule has 13 heavy (non-hydrogen) atoms. The van der Waals surface area contributed by atoms with Gasteiger partial charge in [-0.3, -0.25) is 5.41 Å². The predicted octanol–water partition coefficient (Wildman–Crippen LogP) is 1.51. The van der Waals surface area contributed by atoms with Crippen LogP contribution < -0.4 is 5.73 Å². The van der Waals surface area contributed by atoms with Gasteiger partial charge in [-0.05, 0) is 18.6 Å². The minimum Gasteiger partial charge on any atom is -0.384 e. The molecule has 1 rings (SSSR count). The van der Waals surface area contributed by atoms with Crippen molar-refractivity contribution in [2.24, 2.45) is 5.73 Å². The highest BCUT2D eigenvalue weighted by Crippen LogP contribution is 2.05. The van der Waals surface area contributed by atoms with E-state index in [1.54, 1.807) is 0 Å². The molecule has 3 N–H and O–H groups in total. The molecule has 0 aromatic heterocycles. The Morgan fingerprint density at radius 3 is 2.92 bits per heavy atom. The van der Waals surface area contributed by atoms with Gasteiger partial charge in [0.1, 0.15) is 5.84 Å². The highest BCUT2D eigenvalue weighted by Gasteiger charge is 1.97. The molecule has 0 bridgehead atoms. The summed E-state index contributed by atoms with van der Waals surface area (Å²) in [5.41, 5.74) is 7.15. The lowest BCUT2D eigenvalue weighted by Crippen LogP contribution is -2.11. The van der Waals surface area contributed by atoms with Crippen LogP contribution in [0.1, 0.15) is 18.1 Å². The average Bonchev–Trinajstić information content (AvgIpc) is 2.15. The summed E-state index contributed by atoms with van der Waals surface area (Å²) in [5, 5.41) is 7.25. The molecule has 0 fully saturated rings. The Morgan fingerprint density at radius 1 is 1.54 bits per heavy atom. The van der Waals surface area contributed by atoms with Crippen molar-refractivity contribution in [2.45, 2.75) is 13.5 Å². The number of hydrogen-bond acceptors (Lipinski definition) is 2. The fraction of sp³-hybridized carbons (Fsp3) is 0.300. The smallest absolute Gasteiger partial charge is 0.122 e. The Labute approximate surface area is 78.0 Å². The normalized spacial score (nSPS) is 9.92. The molecular weight excluding hydrogens is 164 g/mol. The summed E-state index contributed by atoms with van der Waals surface area (Å²) in [6.07, 6.45) is 0. The first-order chi connectivity index (χ1) is 6.24. The molecule has 70 valence electrons. The van der Waals surface area contributed by atoms with Crippen molar-refractivity contribution >= 4 is 5.84 Å². The number of benzene rings is 1. The molecule has 0 atom stereocenters. The van der Waals surface area contributed by atoms with E-state index in [-0.39, 0.29) is 5.84 Å². The van der Waals surface area contributed by atoms with Gasteiger partial charge >= 0.3 is 0 Å². The molecule has 0 spiro atoms. The Hall–Kier alpha value is -1.35. The fourth-order valence-electron chi connectivity index (χ4n) is 1.05. The number of nitrogens with one attached hydrogen (secondary N) is 1. The second kappa shape index (κ2) is 4.62. The summed E-state index contributed by atoms with van der Waals surface area (Å²) < 4.78 is 5.24. The van der Waals surface area contributed by atoms with Crippen LogP contribution in [0.2, 0.25) is 0 Å². The molecule has 0 saturated heterocycles. The van der Waals surface area contributed by atoms with Gasteiger partial charge in [-0.15, -0.1) is 0 Å². The van der Waals surface area contributed by atoms with Crippen molar-refractivity contribution < 1.29 is 4.74 Å². The SMILES string of the molecule is CCOCc1cccc(C(=N)N)c1. The zero-order valence-corrected chi connectivity index (χ0v) is 7.71. The van der Waals surface area contributed by atoms with E-state index in [9.17, 15) is 0 Å². The molecule has 0 aliphatic heterocycles. The molecule has 0 radical (unpaired) electrons. The Morgan fingerprint density at radius 2 is 2.31 bits per heavy atom. The second-order valence-corrected chi connectivity index (χ2v) is 2.75. The number of amidine groups is 1. The zero-order valence-electron chi connectivity index (χ0n) is 7.71. The van der Waals surface area contributed by atoms with Gasteiger partial charge in [0.05, 0.1) is 6.61 Å². The third kappa shape index (κ3) is 2.87. The van der Waals surface area contributed by atoms with Gasteiger partial charge in [-0.2, -0.15) is 0 Å². The summed E-state index contributed by atoms with van der Waals surface area (Å²) in [4.78, 5) is 0. The van der Waals surface area contributed by atoms with Crippen molar-refractivity contribution in [3.8, 4) is 0 Å². The van der Waals surface area contributed by atoms with Gasteiger partial charge in [0, 0.05) is 12.2 Å². The third-order valence-electron chi connectivity index (χ3n) is 1.71. The van der Waals surface area contributed by atoms with Gasteiger partial charge < -0.3 is 10.5 Å². The molecule has 1 aromatic carbocycles. The lowest BCUT2D eigenvalue weighted by Gasteiger charge is -2.03. The van der Waals surface area contributed by atoms with E-state index in [0.717, 1.165) is 11.1 Å². The Kier molecular flexibility index (Phi) is 3.46. The van der Waals surface area contributed by atoms with Crippen molar-refractivity contribution in [3.63, 3.8) is 0 Å². The number of nitrogen functional groups attached to an aromatic ring is 1. The Bertz CT molecular complexity index is 297.